The van der Waals surface area contributed by atoms with Crippen molar-refractivity contribution in [3.63, 3.8) is 0 Å². The third-order valence-electron chi connectivity index (χ3n) is 7.42. The zero-order valence-corrected chi connectivity index (χ0v) is 30.5. The second kappa shape index (κ2) is 16.3. The summed E-state index contributed by atoms with van der Waals surface area (Å²) in [7, 11) is -13.3. The Kier molecular flexibility index (Phi) is 12.6. The van der Waals surface area contributed by atoms with Gasteiger partial charge in [-0.15, -0.1) is 21.8 Å². The summed E-state index contributed by atoms with van der Waals surface area (Å²) in [5.41, 5.74) is 1.03. The molecule has 0 radical (unpaired) electrons. The number of rotatable bonds is 15. The molecule has 0 aromatic heterocycles. The first kappa shape index (κ1) is 39.5. The molecule has 0 bridgehead atoms. The number of azo groups is 2. The number of halogens is 1. The predicted molar refractivity (Wildman–Crippen MR) is 192 cm³/mol. The highest BCUT2D eigenvalue weighted by Crippen LogP contribution is 2.43. The van der Waals surface area contributed by atoms with E-state index in [0.717, 1.165) is 30.5 Å². The maximum absolute atomic E-state index is 12.6. The monoisotopic (exact) mass is 779 g/mol. The number of amides is 1. The molecule has 0 spiro atoms. The Hall–Kier alpha value is -4.33. The van der Waals surface area contributed by atoms with Gasteiger partial charge in [-0.2, -0.15) is 27.1 Å². The lowest BCUT2D eigenvalue weighted by molar-refractivity contribution is -0.116. The average Bonchev–Trinajstić information content (AvgIpc) is 3.03. The van der Waals surface area contributed by atoms with Crippen molar-refractivity contribution in [3.05, 3.63) is 71.8 Å². The molecule has 0 atom stereocenters. The van der Waals surface area contributed by atoms with Crippen LogP contribution in [0.1, 0.15) is 37.3 Å². The maximum atomic E-state index is 12.6. The highest BCUT2D eigenvalue weighted by atomic mass is 35.5. The van der Waals surface area contributed by atoms with Crippen molar-refractivity contribution < 1.29 is 44.3 Å². The van der Waals surface area contributed by atoms with Crippen LogP contribution in [0.4, 0.5) is 28.4 Å². The molecule has 0 aliphatic heterocycles. The average molecular weight is 780 g/mol. The van der Waals surface area contributed by atoms with Crippen molar-refractivity contribution in [2.45, 2.75) is 49.3 Å². The van der Waals surface area contributed by atoms with E-state index in [2.05, 4.69) is 32.7 Å². The van der Waals surface area contributed by atoms with Gasteiger partial charge in [0, 0.05) is 23.1 Å². The Labute approximate surface area is 299 Å². The number of aromatic hydroxyl groups is 1. The normalized spacial score (nSPS) is 12.6. The van der Waals surface area contributed by atoms with Crippen molar-refractivity contribution >= 4 is 86.8 Å². The van der Waals surface area contributed by atoms with Crippen molar-refractivity contribution in [3.8, 4) is 5.75 Å². The Bertz CT molecular complexity index is 2350. The van der Waals surface area contributed by atoms with E-state index in [4.69, 9.17) is 11.6 Å². The van der Waals surface area contributed by atoms with E-state index in [0.29, 0.717) is 5.69 Å². The molecule has 15 nitrogen and oxygen atoms in total. The maximum Gasteiger partial charge on any atom is 0.297 e. The van der Waals surface area contributed by atoms with Crippen molar-refractivity contribution in [2.24, 2.45) is 20.5 Å². The third-order valence-corrected chi connectivity index (χ3v) is 11.4. The molecule has 0 unspecified atom stereocenters. The van der Waals surface area contributed by atoms with Gasteiger partial charge in [-0.3, -0.25) is 13.9 Å². The summed E-state index contributed by atoms with van der Waals surface area (Å²) in [5, 5.41) is 29.2. The van der Waals surface area contributed by atoms with Crippen molar-refractivity contribution in [1.82, 2.24) is 0 Å². The number of aryl methyl sites for hydroxylation is 2. The molecule has 4 aromatic carbocycles. The molecule has 0 aliphatic rings. The summed E-state index contributed by atoms with van der Waals surface area (Å²) < 4.78 is 93.3. The van der Waals surface area contributed by atoms with E-state index in [9.17, 15) is 44.3 Å². The van der Waals surface area contributed by atoms with Crippen LogP contribution in [0, 0.1) is 6.92 Å². The van der Waals surface area contributed by atoms with E-state index in [1.807, 2.05) is 12.1 Å². The summed E-state index contributed by atoms with van der Waals surface area (Å²) in [6.45, 7) is 3.49. The topological polar surface area (TPSA) is 242 Å². The minimum absolute atomic E-state index is 0.0617. The summed E-state index contributed by atoms with van der Waals surface area (Å²) in [6, 6.07) is 14.6. The largest absolute Gasteiger partial charge is 0.505 e. The van der Waals surface area contributed by atoms with Gasteiger partial charge in [0.1, 0.15) is 21.2 Å². The Morgan fingerprint density at radius 1 is 0.804 bits per heavy atom. The number of hydrogen-bond donors (Lipinski definition) is 4. The van der Waals surface area contributed by atoms with Crippen LogP contribution in [0.5, 0.6) is 5.75 Å². The van der Waals surface area contributed by atoms with E-state index in [-0.39, 0.29) is 69.3 Å². The second-order valence-corrected chi connectivity index (χ2v) is 16.8. The molecule has 4 rings (SSSR count). The zero-order chi connectivity index (χ0) is 37.6. The standard InChI is InChI=1S/C32H34ClN5O10S3/c1-3-5-21-7-9-22(10-8-21)35-36-23-11-13-26(28(19-23)50(43,44)45)37-38-30-20(2)18-25-24(31(30)40)12-14-27(32(25)51(46,47)48)34-29(39)6-4-16-49(41,42)17-15-33/h7-14,18-19,40H,3-6,15-17H2,1-2H3,(H,34,39)(H,43,44,45)(H,46,47,48). The van der Waals surface area contributed by atoms with Crippen LogP contribution in [0.25, 0.3) is 10.8 Å². The van der Waals surface area contributed by atoms with E-state index in [1.54, 1.807) is 12.1 Å². The number of hydrogen-bond acceptors (Lipinski definition) is 12. The summed E-state index contributed by atoms with van der Waals surface area (Å²) in [4.78, 5) is 11.2. The zero-order valence-electron chi connectivity index (χ0n) is 27.3. The van der Waals surface area contributed by atoms with Crippen LogP contribution in [-0.2, 0) is 41.3 Å². The molecule has 4 aromatic rings. The number of anilines is 1. The van der Waals surface area contributed by atoms with Gasteiger partial charge in [-0.05, 0) is 79.4 Å². The van der Waals surface area contributed by atoms with Gasteiger partial charge in [0.05, 0.1) is 28.6 Å². The number of phenols is 1. The Morgan fingerprint density at radius 3 is 2.10 bits per heavy atom. The summed E-state index contributed by atoms with van der Waals surface area (Å²) >= 11 is 5.48. The number of benzene rings is 4. The number of nitrogens with one attached hydrogen (secondary N) is 1. The van der Waals surface area contributed by atoms with Crippen LogP contribution in [0.2, 0.25) is 0 Å². The molecule has 19 heteroatoms. The summed E-state index contributed by atoms with van der Waals surface area (Å²) in [5.74, 6) is -1.98. The quantitative estimate of drug-likeness (QED) is 0.0526. The number of phenolic OH excluding ortho intramolecular Hbond substituents is 1. The van der Waals surface area contributed by atoms with Crippen molar-refractivity contribution in [2.75, 3.05) is 22.7 Å². The lowest BCUT2D eigenvalue weighted by Crippen LogP contribution is -2.17. The molecule has 1 amide bonds. The lowest BCUT2D eigenvalue weighted by Gasteiger charge is -2.15. The molecule has 0 saturated heterocycles. The number of nitrogens with zero attached hydrogens (tertiary/aromatic N) is 4. The van der Waals surface area contributed by atoms with Gasteiger partial charge in [-0.25, -0.2) is 8.42 Å². The molecule has 0 aliphatic carbocycles. The highest BCUT2D eigenvalue weighted by molar-refractivity contribution is 7.91. The molecular formula is C32H34ClN5O10S3. The molecule has 4 N–H and O–H groups in total. The third kappa shape index (κ3) is 10.4. The van der Waals surface area contributed by atoms with E-state index in [1.165, 1.54) is 31.2 Å². The number of alkyl halides is 1. The molecule has 0 fully saturated rings. The van der Waals surface area contributed by atoms with Crippen LogP contribution in [0.3, 0.4) is 0 Å². The van der Waals surface area contributed by atoms with Gasteiger partial charge in [0.25, 0.3) is 20.2 Å². The number of fused-ring (bicyclic) bond motifs is 1. The Balaban J connectivity index is 1.66. The smallest absolute Gasteiger partial charge is 0.297 e. The SMILES string of the molecule is CCCc1ccc(N=Nc2ccc(N=Nc3c(C)cc4c(S(=O)(=O)O)c(NC(=O)CCCS(=O)(=O)CCCl)ccc4c3O)c(S(=O)(=O)O)c2)cc1. The molecule has 0 saturated carbocycles. The first-order chi connectivity index (χ1) is 23.9. The minimum Gasteiger partial charge on any atom is -0.505 e. The van der Waals surface area contributed by atoms with Crippen LogP contribution < -0.4 is 5.32 Å². The first-order valence-corrected chi connectivity index (χ1v) is 20.5. The molecule has 272 valence electrons. The predicted octanol–water partition coefficient (Wildman–Crippen LogP) is 7.50. The van der Waals surface area contributed by atoms with Gasteiger partial charge < -0.3 is 10.4 Å². The fourth-order valence-corrected chi connectivity index (χ4v) is 8.24. The van der Waals surface area contributed by atoms with Gasteiger partial charge >= 0.3 is 0 Å². The second-order valence-electron chi connectivity index (χ2n) is 11.3. The highest BCUT2D eigenvalue weighted by Gasteiger charge is 2.25. The minimum atomic E-state index is -5.01. The van der Waals surface area contributed by atoms with Crippen molar-refractivity contribution in [1.29, 1.82) is 0 Å². The summed E-state index contributed by atoms with van der Waals surface area (Å²) in [6.07, 6.45) is 1.55. The molecule has 51 heavy (non-hydrogen) atoms. The fraction of sp³-hybridized carbons (Fsp3) is 0.281. The van der Waals surface area contributed by atoms with Crippen LogP contribution >= 0.6 is 11.6 Å². The van der Waals surface area contributed by atoms with Gasteiger partial charge in [0.15, 0.2) is 15.6 Å². The van der Waals surface area contributed by atoms with Gasteiger partial charge in [-0.1, -0.05) is 25.5 Å². The number of carbonyl (C=O) groups excluding carboxylic acids is 1. The number of carbonyl (C=O) groups is 1. The molecule has 0 heterocycles. The Morgan fingerprint density at radius 2 is 1.47 bits per heavy atom. The lowest BCUT2D eigenvalue weighted by atomic mass is 10.0. The number of sulfone groups is 1. The van der Waals surface area contributed by atoms with Crippen LogP contribution in [-0.4, -0.2) is 62.8 Å². The van der Waals surface area contributed by atoms with Crippen LogP contribution in [0.15, 0.2) is 90.9 Å². The van der Waals surface area contributed by atoms with E-state index < -0.39 is 51.5 Å². The fourth-order valence-electron chi connectivity index (χ4n) is 5.03. The first-order valence-electron chi connectivity index (χ1n) is 15.3. The molecular weight excluding hydrogens is 746 g/mol. The van der Waals surface area contributed by atoms with Gasteiger partial charge in [0.2, 0.25) is 5.91 Å². The van der Waals surface area contributed by atoms with E-state index >= 15 is 0 Å².